The van der Waals surface area contributed by atoms with E-state index in [2.05, 4.69) is 5.16 Å². The van der Waals surface area contributed by atoms with E-state index in [0.717, 1.165) is 28.2 Å². The minimum atomic E-state index is -0.560. The monoisotopic (exact) mass is 429 g/mol. The van der Waals surface area contributed by atoms with Crippen LogP contribution in [0.2, 0.25) is 0 Å². The molecule has 3 aromatic carbocycles. The highest BCUT2D eigenvalue weighted by Gasteiger charge is 2.27. The number of hydrogen-bond acceptors (Lipinski definition) is 5. The van der Waals surface area contributed by atoms with Crippen molar-refractivity contribution < 1.29 is 14.4 Å². The topological polar surface area (TPSA) is 55.7 Å². The van der Waals surface area contributed by atoms with Gasteiger partial charge in [-0.3, -0.25) is 4.79 Å². The first-order valence-electron chi connectivity index (χ1n) is 10.3. The fourth-order valence-electron chi connectivity index (χ4n) is 3.07. The summed E-state index contributed by atoms with van der Waals surface area (Å²) >= 11 is 1.64. The van der Waals surface area contributed by atoms with Crippen LogP contribution in [0, 0.1) is 12.8 Å². The molecule has 0 amide bonds. The predicted molar refractivity (Wildman–Crippen MR) is 123 cm³/mol. The summed E-state index contributed by atoms with van der Waals surface area (Å²) in [6.45, 7) is 1.95. The quantitative estimate of drug-likeness (QED) is 0.181. The number of aryl methyl sites for hydroxylation is 1. The van der Waals surface area contributed by atoms with Crippen molar-refractivity contribution in [2.75, 3.05) is 0 Å². The lowest BCUT2D eigenvalue weighted by atomic mass is 10.0. The lowest BCUT2D eigenvalue weighted by molar-refractivity contribution is 0.0514. The zero-order valence-electron chi connectivity index (χ0n) is 17.3. The molecule has 1 aliphatic carbocycles. The van der Waals surface area contributed by atoms with E-state index in [9.17, 15) is 9.59 Å². The minimum Gasteiger partial charge on any atom is -0.312 e. The first-order valence-corrected chi connectivity index (χ1v) is 11.1. The summed E-state index contributed by atoms with van der Waals surface area (Å²) < 4.78 is 0. The SMILES string of the molecule is Cc1ccc(C(=O)O/N=C(\CC2CC2)C(=O)c2ccc(Sc3ccccc3)cc2)cc1. The van der Waals surface area contributed by atoms with Crippen LogP contribution in [0.3, 0.4) is 0 Å². The molecule has 3 aromatic rings. The Kier molecular flexibility index (Phi) is 6.63. The van der Waals surface area contributed by atoms with Gasteiger partial charge in [-0.25, -0.2) is 4.79 Å². The molecule has 5 heteroatoms. The van der Waals surface area contributed by atoms with Crippen molar-refractivity contribution in [1.29, 1.82) is 0 Å². The molecule has 4 nitrogen and oxygen atoms in total. The Labute approximate surface area is 186 Å². The molecular formula is C26H23NO3S. The first kappa shape index (κ1) is 21.1. The molecule has 0 radical (unpaired) electrons. The second-order valence-corrected chi connectivity index (χ2v) is 8.85. The summed E-state index contributed by atoms with van der Waals surface area (Å²) in [6.07, 6.45) is 2.68. The number of nitrogens with zero attached hydrogens (tertiary/aromatic N) is 1. The van der Waals surface area contributed by atoms with Gasteiger partial charge < -0.3 is 4.84 Å². The Morgan fingerprint density at radius 1 is 0.871 bits per heavy atom. The predicted octanol–water partition coefficient (Wildman–Crippen LogP) is 6.34. The highest BCUT2D eigenvalue weighted by Crippen LogP contribution is 2.33. The molecular weight excluding hydrogens is 406 g/mol. The van der Waals surface area contributed by atoms with Crippen LogP contribution in [0.5, 0.6) is 0 Å². The smallest absolute Gasteiger partial charge is 0.312 e. The molecule has 0 aliphatic heterocycles. The number of oxime groups is 1. The van der Waals surface area contributed by atoms with Gasteiger partial charge in [-0.15, -0.1) is 0 Å². The van der Waals surface area contributed by atoms with Crippen molar-refractivity contribution >= 4 is 29.2 Å². The molecule has 0 heterocycles. The highest BCUT2D eigenvalue weighted by molar-refractivity contribution is 7.99. The van der Waals surface area contributed by atoms with Crippen LogP contribution in [0.15, 0.2) is 93.8 Å². The van der Waals surface area contributed by atoms with E-state index in [1.54, 1.807) is 36.0 Å². The second kappa shape index (κ2) is 9.75. The van der Waals surface area contributed by atoms with E-state index in [1.165, 1.54) is 0 Å². The summed E-state index contributed by atoms with van der Waals surface area (Å²) in [5.41, 5.74) is 2.31. The summed E-state index contributed by atoms with van der Waals surface area (Å²) in [6, 6.07) is 24.6. The van der Waals surface area contributed by atoms with E-state index in [0.29, 0.717) is 29.2 Å². The molecule has 1 saturated carbocycles. The zero-order chi connectivity index (χ0) is 21.6. The molecule has 0 atom stereocenters. The maximum atomic E-state index is 13.0. The van der Waals surface area contributed by atoms with E-state index < -0.39 is 5.97 Å². The molecule has 0 aromatic heterocycles. The van der Waals surface area contributed by atoms with Gasteiger partial charge in [0.15, 0.2) is 0 Å². The van der Waals surface area contributed by atoms with E-state index in [1.807, 2.05) is 61.5 Å². The summed E-state index contributed by atoms with van der Waals surface area (Å²) in [4.78, 5) is 32.7. The van der Waals surface area contributed by atoms with E-state index >= 15 is 0 Å². The number of hydrogen-bond donors (Lipinski definition) is 0. The standard InChI is InChI=1S/C26H23NO3S/c1-18-7-11-21(12-8-18)26(29)30-27-24(17-19-9-10-19)25(28)20-13-15-23(16-14-20)31-22-5-3-2-4-6-22/h2-8,11-16,19H,9-10,17H2,1H3/b27-24+. The number of rotatable bonds is 8. The minimum absolute atomic E-state index is 0.195. The Hall–Kier alpha value is -3.18. The lowest BCUT2D eigenvalue weighted by Gasteiger charge is -2.07. The number of ketones is 1. The molecule has 0 unspecified atom stereocenters. The lowest BCUT2D eigenvalue weighted by Crippen LogP contribution is -2.17. The van der Waals surface area contributed by atoms with Gasteiger partial charge in [0.1, 0.15) is 5.71 Å². The third kappa shape index (κ3) is 5.92. The van der Waals surface area contributed by atoms with Crippen LogP contribution in [-0.4, -0.2) is 17.5 Å². The van der Waals surface area contributed by atoms with Crippen LogP contribution in [-0.2, 0) is 4.84 Å². The Morgan fingerprint density at radius 2 is 1.48 bits per heavy atom. The largest absolute Gasteiger partial charge is 0.365 e. The third-order valence-electron chi connectivity index (χ3n) is 5.06. The van der Waals surface area contributed by atoms with Gasteiger partial charge >= 0.3 is 5.97 Å². The van der Waals surface area contributed by atoms with Crippen molar-refractivity contribution in [3.63, 3.8) is 0 Å². The third-order valence-corrected chi connectivity index (χ3v) is 6.08. The number of carbonyl (C=O) groups excluding carboxylic acids is 2. The van der Waals surface area contributed by atoms with Gasteiger partial charge in [0, 0.05) is 15.4 Å². The molecule has 156 valence electrons. The highest BCUT2D eigenvalue weighted by atomic mass is 32.2. The molecule has 0 saturated heterocycles. The van der Waals surface area contributed by atoms with E-state index in [-0.39, 0.29) is 5.78 Å². The van der Waals surface area contributed by atoms with Gasteiger partial charge in [-0.05, 0) is 80.6 Å². The van der Waals surface area contributed by atoms with Crippen molar-refractivity contribution in [1.82, 2.24) is 0 Å². The average Bonchev–Trinajstić information content (AvgIpc) is 3.62. The van der Waals surface area contributed by atoms with Crippen molar-refractivity contribution in [2.45, 2.75) is 36.0 Å². The molecule has 0 spiro atoms. The van der Waals surface area contributed by atoms with Gasteiger partial charge in [-0.1, -0.05) is 52.8 Å². The van der Waals surface area contributed by atoms with Crippen molar-refractivity contribution in [3.05, 3.63) is 95.6 Å². The maximum Gasteiger partial charge on any atom is 0.365 e. The number of carbonyl (C=O) groups is 2. The van der Waals surface area contributed by atoms with Crippen LogP contribution >= 0.6 is 11.8 Å². The van der Waals surface area contributed by atoms with Gasteiger partial charge in [0.05, 0.1) is 5.56 Å². The Balaban J connectivity index is 1.46. The maximum absolute atomic E-state index is 13.0. The van der Waals surface area contributed by atoms with Gasteiger partial charge in [-0.2, -0.15) is 0 Å². The van der Waals surface area contributed by atoms with Gasteiger partial charge in [0.25, 0.3) is 0 Å². The average molecular weight is 430 g/mol. The van der Waals surface area contributed by atoms with Crippen LogP contribution in [0.4, 0.5) is 0 Å². The summed E-state index contributed by atoms with van der Waals surface area (Å²) in [5.74, 6) is -0.316. The van der Waals surface area contributed by atoms with Crippen molar-refractivity contribution in [2.24, 2.45) is 11.1 Å². The molecule has 0 N–H and O–H groups in total. The molecule has 0 bridgehead atoms. The van der Waals surface area contributed by atoms with Crippen LogP contribution in [0.25, 0.3) is 0 Å². The first-order chi connectivity index (χ1) is 15.1. The van der Waals surface area contributed by atoms with Crippen molar-refractivity contribution in [3.8, 4) is 0 Å². The van der Waals surface area contributed by atoms with Crippen LogP contribution in [0.1, 0.15) is 45.5 Å². The molecule has 1 fully saturated rings. The zero-order valence-corrected chi connectivity index (χ0v) is 18.1. The Morgan fingerprint density at radius 3 is 2.13 bits per heavy atom. The fourth-order valence-corrected chi connectivity index (χ4v) is 3.91. The van der Waals surface area contributed by atoms with E-state index in [4.69, 9.17) is 4.84 Å². The summed E-state index contributed by atoms with van der Waals surface area (Å²) in [5, 5.41) is 3.98. The second-order valence-electron chi connectivity index (χ2n) is 7.70. The Bertz CT molecular complexity index is 1090. The number of benzene rings is 3. The van der Waals surface area contributed by atoms with Crippen LogP contribution < -0.4 is 0 Å². The molecule has 31 heavy (non-hydrogen) atoms. The number of Topliss-reactive ketones (excluding diaryl/α,β-unsaturated/α-hetero) is 1. The fraction of sp³-hybridized carbons (Fsp3) is 0.192. The normalized spacial score (nSPS) is 13.6. The van der Waals surface area contributed by atoms with Gasteiger partial charge in [0.2, 0.25) is 5.78 Å². The molecule has 4 rings (SSSR count). The summed E-state index contributed by atoms with van der Waals surface area (Å²) in [7, 11) is 0. The molecule has 1 aliphatic rings.